The van der Waals surface area contributed by atoms with E-state index in [-0.39, 0.29) is 24.0 Å². The Morgan fingerprint density at radius 3 is 2.82 bits per heavy atom. The highest BCUT2D eigenvalue weighted by Crippen LogP contribution is 2.43. The molecule has 0 aromatic carbocycles. The van der Waals surface area contributed by atoms with Crippen molar-refractivity contribution in [3.05, 3.63) is 17.8 Å². The van der Waals surface area contributed by atoms with Gasteiger partial charge in [-0.1, -0.05) is 11.6 Å². The molecule has 1 N–H and O–H groups in total. The summed E-state index contributed by atoms with van der Waals surface area (Å²) in [6.07, 6.45) is 1.28. The van der Waals surface area contributed by atoms with Crippen LogP contribution in [0.3, 0.4) is 0 Å². The van der Waals surface area contributed by atoms with Crippen LogP contribution >= 0.6 is 11.6 Å². The van der Waals surface area contributed by atoms with Gasteiger partial charge in [-0.05, 0) is 13.8 Å². The summed E-state index contributed by atoms with van der Waals surface area (Å²) in [4.78, 5) is 12.4. The van der Waals surface area contributed by atoms with Gasteiger partial charge >= 0.3 is 0 Å². The molecule has 0 amide bonds. The minimum Gasteiger partial charge on any atom is -0.394 e. The maximum Gasteiger partial charge on any atom is 0.167 e. The molecular formula is C13H15ClN4O4. The second-order valence-corrected chi connectivity index (χ2v) is 6.16. The molecule has 2 aliphatic heterocycles. The fourth-order valence-electron chi connectivity index (χ4n) is 3.04. The first-order valence-corrected chi connectivity index (χ1v) is 7.33. The highest BCUT2D eigenvalue weighted by Gasteiger charge is 2.55. The van der Waals surface area contributed by atoms with E-state index >= 15 is 0 Å². The lowest BCUT2D eigenvalue weighted by Crippen LogP contribution is -2.31. The first-order chi connectivity index (χ1) is 10.5. The molecule has 4 rings (SSSR count). The smallest absolute Gasteiger partial charge is 0.167 e. The average molecular weight is 327 g/mol. The molecule has 4 heterocycles. The first kappa shape index (κ1) is 14.3. The largest absolute Gasteiger partial charge is 0.394 e. The fraction of sp³-hybridized carbons (Fsp3) is 0.615. The molecule has 0 aliphatic carbocycles. The summed E-state index contributed by atoms with van der Waals surface area (Å²) < 4.78 is 19.4. The number of rotatable bonds is 2. The minimum atomic E-state index is -0.728. The highest BCUT2D eigenvalue weighted by molar-refractivity contribution is 6.33. The second kappa shape index (κ2) is 4.84. The quantitative estimate of drug-likeness (QED) is 0.819. The van der Waals surface area contributed by atoms with Gasteiger partial charge in [0, 0.05) is 0 Å². The van der Waals surface area contributed by atoms with Crippen molar-refractivity contribution >= 4 is 22.8 Å². The summed E-state index contributed by atoms with van der Waals surface area (Å²) in [5.74, 6) is -0.728. The lowest BCUT2D eigenvalue weighted by atomic mass is 10.1. The molecule has 9 heteroatoms. The normalized spacial score (nSPS) is 33.5. The van der Waals surface area contributed by atoms with Gasteiger partial charge in [0.1, 0.15) is 30.2 Å². The van der Waals surface area contributed by atoms with Crippen molar-refractivity contribution in [3.63, 3.8) is 0 Å². The number of hydrogen-bond donors (Lipinski definition) is 1. The van der Waals surface area contributed by atoms with Crippen LogP contribution in [-0.2, 0) is 14.2 Å². The topological polar surface area (TPSA) is 91.5 Å². The zero-order chi connectivity index (χ0) is 15.5. The number of aliphatic hydroxyl groups excluding tert-OH is 1. The average Bonchev–Trinajstić information content (AvgIpc) is 3.10. The number of aromatic nitrogens is 4. The van der Waals surface area contributed by atoms with E-state index < -0.39 is 18.1 Å². The molecule has 0 spiro atoms. The van der Waals surface area contributed by atoms with Crippen LogP contribution in [0.15, 0.2) is 12.7 Å². The molecule has 8 nitrogen and oxygen atoms in total. The summed E-state index contributed by atoms with van der Waals surface area (Å²) >= 11 is 6.03. The summed E-state index contributed by atoms with van der Waals surface area (Å²) in [5.41, 5.74) is 1.05. The van der Waals surface area contributed by atoms with E-state index in [4.69, 9.17) is 25.8 Å². The number of aliphatic hydroxyl groups is 1. The molecule has 2 aromatic rings. The summed E-state index contributed by atoms with van der Waals surface area (Å²) in [6.45, 7) is 3.52. The van der Waals surface area contributed by atoms with Gasteiger partial charge in [0.15, 0.2) is 22.8 Å². The number of imidazole rings is 1. The van der Waals surface area contributed by atoms with Crippen LogP contribution < -0.4 is 0 Å². The number of nitrogens with zero attached hydrogens (tertiary/aromatic N) is 4. The van der Waals surface area contributed by atoms with E-state index in [2.05, 4.69) is 15.0 Å². The Morgan fingerprint density at radius 2 is 2.05 bits per heavy atom. The van der Waals surface area contributed by atoms with E-state index in [1.54, 1.807) is 10.9 Å². The van der Waals surface area contributed by atoms with E-state index in [0.29, 0.717) is 11.2 Å². The van der Waals surface area contributed by atoms with Crippen LogP contribution in [0, 0.1) is 0 Å². The van der Waals surface area contributed by atoms with Crippen molar-refractivity contribution in [3.8, 4) is 0 Å². The third-order valence-corrected chi connectivity index (χ3v) is 4.17. The van der Waals surface area contributed by atoms with Crippen LogP contribution in [-0.4, -0.2) is 55.3 Å². The second-order valence-electron chi connectivity index (χ2n) is 5.80. The van der Waals surface area contributed by atoms with Crippen LogP contribution in [0.25, 0.3) is 11.2 Å². The number of fused-ring (bicyclic) bond motifs is 2. The number of halogens is 1. The molecule has 0 bridgehead atoms. The number of hydrogen-bond acceptors (Lipinski definition) is 7. The summed E-state index contributed by atoms with van der Waals surface area (Å²) in [7, 11) is 0. The Kier molecular flexibility index (Phi) is 3.14. The predicted octanol–water partition coefficient (Wildman–Crippen LogP) is 0.889. The van der Waals surface area contributed by atoms with E-state index in [9.17, 15) is 5.11 Å². The van der Waals surface area contributed by atoms with Crippen LogP contribution in [0.2, 0.25) is 5.15 Å². The van der Waals surface area contributed by atoms with E-state index in [0.717, 1.165) is 0 Å². The van der Waals surface area contributed by atoms with Crippen LogP contribution in [0.4, 0.5) is 0 Å². The fourth-order valence-corrected chi connectivity index (χ4v) is 3.22. The van der Waals surface area contributed by atoms with Crippen molar-refractivity contribution in [2.24, 2.45) is 0 Å². The minimum absolute atomic E-state index is 0.153. The van der Waals surface area contributed by atoms with E-state index in [1.807, 2.05) is 13.8 Å². The van der Waals surface area contributed by atoms with Gasteiger partial charge in [-0.2, -0.15) is 0 Å². The molecule has 2 fully saturated rings. The number of ether oxygens (including phenoxy) is 3. The molecule has 2 aromatic heterocycles. The third kappa shape index (κ3) is 2.03. The molecular weight excluding hydrogens is 312 g/mol. The van der Waals surface area contributed by atoms with Crippen molar-refractivity contribution in [2.75, 3.05) is 6.61 Å². The monoisotopic (exact) mass is 326 g/mol. The molecule has 22 heavy (non-hydrogen) atoms. The summed E-state index contributed by atoms with van der Waals surface area (Å²) in [6, 6.07) is 0. The van der Waals surface area contributed by atoms with Gasteiger partial charge in [-0.15, -0.1) is 0 Å². The zero-order valence-corrected chi connectivity index (χ0v) is 12.8. The standard InChI is InChI=1S/C13H15ClN4O4/c1-13(2)21-8-6(3-19)20-12(9(8)22-13)18-5-17-7-10(14)15-4-16-11(7)18/h4-6,8-9,12,19H,3H2,1-2H3/t6-,8+,9+,12-/m1/s1. The Labute approximate surface area is 131 Å². The van der Waals surface area contributed by atoms with Crippen LogP contribution in [0.1, 0.15) is 20.1 Å². The van der Waals surface area contributed by atoms with Gasteiger partial charge in [0.2, 0.25) is 0 Å². The van der Waals surface area contributed by atoms with Crippen molar-refractivity contribution in [2.45, 2.75) is 44.2 Å². The third-order valence-electron chi connectivity index (χ3n) is 3.89. The molecule has 4 atom stereocenters. The lowest BCUT2D eigenvalue weighted by Gasteiger charge is -2.24. The Hall–Kier alpha value is -1.32. The Morgan fingerprint density at radius 1 is 1.27 bits per heavy atom. The molecule has 0 radical (unpaired) electrons. The van der Waals surface area contributed by atoms with Gasteiger partial charge in [-0.25, -0.2) is 15.0 Å². The molecule has 0 unspecified atom stereocenters. The SMILES string of the molecule is CC1(C)O[C@@H]2[C@H](O1)[C@H](n1cnc3c(Cl)ncnc31)O[C@@H]2CO. The highest BCUT2D eigenvalue weighted by atomic mass is 35.5. The van der Waals surface area contributed by atoms with Crippen molar-refractivity contribution in [1.82, 2.24) is 19.5 Å². The predicted molar refractivity (Wildman–Crippen MR) is 75.2 cm³/mol. The van der Waals surface area contributed by atoms with Gasteiger partial charge in [0.25, 0.3) is 0 Å². The van der Waals surface area contributed by atoms with Gasteiger partial charge in [0.05, 0.1) is 12.9 Å². The Balaban J connectivity index is 1.77. The van der Waals surface area contributed by atoms with Crippen LogP contribution in [0.5, 0.6) is 0 Å². The molecule has 2 aliphatic rings. The van der Waals surface area contributed by atoms with Gasteiger partial charge < -0.3 is 19.3 Å². The zero-order valence-electron chi connectivity index (χ0n) is 12.0. The van der Waals surface area contributed by atoms with E-state index in [1.165, 1.54) is 6.33 Å². The lowest BCUT2D eigenvalue weighted by molar-refractivity contribution is -0.199. The molecule has 118 valence electrons. The maximum atomic E-state index is 9.52. The van der Waals surface area contributed by atoms with Gasteiger partial charge in [-0.3, -0.25) is 4.57 Å². The van der Waals surface area contributed by atoms with Crippen molar-refractivity contribution in [1.29, 1.82) is 0 Å². The maximum absolute atomic E-state index is 9.52. The Bertz CT molecular complexity index is 721. The first-order valence-electron chi connectivity index (χ1n) is 6.95. The van der Waals surface area contributed by atoms with Crippen molar-refractivity contribution < 1.29 is 19.3 Å². The molecule has 2 saturated heterocycles. The summed E-state index contributed by atoms with van der Waals surface area (Å²) in [5, 5.41) is 9.80. The molecule has 0 saturated carbocycles.